The van der Waals surface area contributed by atoms with Crippen LogP contribution in [0.2, 0.25) is 0 Å². The van der Waals surface area contributed by atoms with Gasteiger partial charge in [0.1, 0.15) is 23.7 Å². The van der Waals surface area contributed by atoms with Gasteiger partial charge in [-0.2, -0.15) is 13.2 Å². The third kappa shape index (κ3) is 5.93. The highest BCUT2D eigenvalue weighted by Gasteiger charge is 2.36. The topological polar surface area (TPSA) is 102 Å². The molecule has 0 aliphatic rings. The first kappa shape index (κ1) is 23.1. The number of hydrogen-bond acceptors (Lipinski definition) is 5. The van der Waals surface area contributed by atoms with Crippen molar-refractivity contribution in [1.29, 1.82) is 0 Å². The second kappa shape index (κ2) is 8.70. The molecule has 1 atom stereocenters. The first-order chi connectivity index (χ1) is 13.8. The van der Waals surface area contributed by atoms with Gasteiger partial charge in [0.05, 0.1) is 17.4 Å². The largest absolute Gasteiger partial charge is 0.489 e. The van der Waals surface area contributed by atoms with Crippen molar-refractivity contribution in [3.63, 3.8) is 0 Å². The van der Waals surface area contributed by atoms with Crippen molar-refractivity contribution >= 4 is 11.9 Å². The number of carboxylic acid groups (broad SMARTS) is 1. The number of ether oxygens (including phenoxy) is 1. The lowest BCUT2D eigenvalue weighted by Gasteiger charge is -2.26. The fraction of sp³-hybridized carbons (Fsp3) is 0.350. The van der Waals surface area contributed by atoms with E-state index in [0.29, 0.717) is 6.42 Å². The molecule has 0 aliphatic carbocycles. The Hall–Kier alpha value is -3.14. The minimum Gasteiger partial charge on any atom is -0.489 e. The number of nitrogens with zero attached hydrogens (tertiary/aromatic N) is 3. The lowest BCUT2D eigenvalue weighted by Crippen LogP contribution is -2.42. The lowest BCUT2D eigenvalue weighted by atomic mass is 9.96. The first-order valence-electron chi connectivity index (χ1n) is 8.86. The summed E-state index contributed by atoms with van der Waals surface area (Å²) in [7, 11) is 1.27. The maximum atomic E-state index is 13.6. The smallest absolute Gasteiger partial charge is 0.420 e. The average Bonchev–Trinajstić information content (AvgIpc) is 2.64. The number of anilines is 1. The van der Waals surface area contributed by atoms with Gasteiger partial charge in [0.2, 0.25) is 0 Å². The second-order valence-corrected chi connectivity index (χ2v) is 7.38. The number of alkyl halides is 3. The second-order valence-electron chi connectivity index (χ2n) is 7.38. The Morgan fingerprint density at radius 2 is 2.00 bits per heavy atom. The third-order valence-electron chi connectivity index (χ3n) is 4.11. The predicted molar refractivity (Wildman–Crippen MR) is 106 cm³/mol. The fourth-order valence-corrected chi connectivity index (χ4v) is 2.78. The molecule has 1 unspecified atom stereocenters. The third-order valence-corrected chi connectivity index (χ3v) is 4.11. The maximum Gasteiger partial charge on any atom is 0.420 e. The zero-order valence-corrected chi connectivity index (χ0v) is 16.8. The monoisotopic (exact) mass is 424 g/mol. The molecule has 2 aromatic rings. The predicted octanol–water partition coefficient (Wildman–Crippen LogP) is 4.34. The fourth-order valence-electron chi connectivity index (χ4n) is 2.78. The van der Waals surface area contributed by atoms with Gasteiger partial charge in [-0.3, -0.25) is 9.88 Å². The van der Waals surface area contributed by atoms with Crippen molar-refractivity contribution in [2.45, 2.75) is 32.0 Å². The summed E-state index contributed by atoms with van der Waals surface area (Å²) < 4.78 is 46.3. The number of hydrogen-bond donors (Lipinski definition) is 2. The van der Waals surface area contributed by atoms with E-state index in [0.717, 1.165) is 22.7 Å². The van der Waals surface area contributed by atoms with E-state index in [2.05, 4.69) is 16.5 Å². The molecule has 0 saturated heterocycles. The van der Waals surface area contributed by atoms with Gasteiger partial charge in [0.15, 0.2) is 0 Å². The highest BCUT2D eigenvalue weighted by Crippen LogP contribution is 2.38. The minimum absolute atomic E-state index is 0.00504. The number of rotatable bonds is 7. The van der Waals surface area contributed by atoms with Crippen LogP contribution in [-0.2, 0) is 6.18 Å². The number of aromatic nitrogens is 2. The van der Waals surface area contributed by atoms with Crippen LogP contribution in [0.25, 0.3) is 11.3 Å². The van der Waals surface area contributed by atoms with E-state index in [9.17, 15) is 18.0 Å². The van der Waals surface area contributed by atoms with E-state index in [-0.39, 0.29) is 23.7 Å². The molecule has 162 valence electrons. The van der Waals surface area contributed by atoms with E-state index < -0.39 is 29.1 Å². The lowest BCUT2D eigenvalue weighted by molar-refractivity contribution is -0.139. The molecule has 7 nitrogen and oxygen atoms in total. The van der Waals surface area contributed by atoms with Crippen molar-refractivity contribution in [3.05, 3.63) is 48.3 Å². The standard InChI is InChI=1S/C20H23F3N4O3/c1-12(2)9-19(3,24)11-30-16-10-26-15(8-14(16)20(21,22)23)13-5-6-25-17(7-13)27(4)18(28)29/h5-8,10H,1,9,11,24H2,2-4H3,(H,28,29). The van der Waals surface area contributed by atoms with E-state index >= 15 is 0 Å². The molecule has 0 saturated carbocycles. The van der Waals surface area contributed by atoms with Crippen LogP contribution >= 0.6 is 0 Å². The summed E-state index contributed by atoms with van der Waals surface area (Å²) in [6.45, 7) is 7.03. The van der Waals surface area contributed by atoms with Crippen LogP contribution < -0.4 is 15.4 Å². The molecule has 0 fully saturated rings. The first-order valence-corrected chi connectivity index (χ1v) is 8.86. The highest BCUT2D eigenvalue weighted by atomic mass is 19.4. The molecule has 2 rings (SSSR count). The van der Waals surface area contributed by atoms with E-state index in [1.165, 1.54) is 25.4 Å². The zero-order chi connectivity index (χ0) is 22.7. The van der Waals surface area contributed by atoms with E-state index in [4.69, 9.17) is 15.6 Å². The van der Waals surface area contributed by atoms with Crippen LogP contribution in [0.4, 0.5) is 23.8 Å². The van der Waals surface area contributed by atoms with Crippen molar-refractivity contribution in [3.8, 4) is 17.0 Å². The summed E-state index contributed by atoms with van der Waals surface area (Å²) in [5.74, 6) is -0.393. The van der Waals surface area contributed by atoms with Crippen LogP contribution in [0.1, 0.15) is 25.8 Å². The summed E-state index contributed by atoms with van der Waals surface area (Å²) in [4.78, 5) is 19.9. The van der Waals surface area contributed by atoms with Crippen LogP contribution in [0.15, 0.2) is 42.7 Å². The molecule has 1 amide bonds. The SMILES string of the molecule is C=C(C)CC(C)(N)COc1cnc(-c2ccnc(N(C)C(=O)O)c2)cc1C(F)(F)F. The van der Waals surface area contributed by atoms with E-state index in [1.807, 2.05) is 0 Å². The van der Waals surface area contributed by atoms with Gasteiger partial charge in [0.25, 0.3) is 0 Å². The van der Waals surface area contributed by atoms with Crippen molar-refractivity contribution in [2.75, 3.05) is 18.6 Å². The maximum absolute atomic E-state index is 13.6. The van der Waals surface area contributed by atoms with Crippen LogP contribution in [0, 0.1) is 0 Å². The molecule has 0 radical (unpaired) electrons. The molecule has 2 aromatic heterocycles. The van der Waals surface area contributed by atoms with Crippen molar-refractivity contribution < 1.29 is 27.8 Å². The number of halogens is 3. The van der Waals surface area contributed by atoms with Crippen LogP contribution in [0.5, 0.6) is 5.75 Å². The molecule has 2 heterocycles. The molecule has 0 aliphatic heterocycles. The van der Waals surface area contributed by atoms with Crippen LogP contribution in [0.3, 0.4) is 0 Å². The van der Waals surface area contributed by atoms with E-state index in [1.54, 1.807) is 13.8 Å². The Kier molecular flexibility index (Phi) is 6.71. The number of carbonyl (C=O) groups is 1. The van der Waals surface area contributed by atoms with Crippen LogP contribution in [-0.4, -0.2) is 40.4 Å². The Morgan fingerprint density at radius 1 is 1.33 bits per heavy atom. The molecule has 0 spiro atoms. The quantitative estimate of drug-likeness (QED) is 0.641. The molecule has 30 heavy (non-hydrogen) atoms. The van der Waals surface area contributed by atoms with Gasteiger partial charge < -0.3 is 15.6 Å². The Labute approximate surface area is 172 Å². The normalized spacial score (nSPS) is 13.4. The van der Waals surface area contributed by atoms with Gasteiger partial charge in [0, 0.05) is 18.8 Å². The Morgan fingerprint density at radius 3 is 2.57 bits per heavy atom. The summed E-state index contributed by atoms with van der Waals surface area (Å²) in [5, 5.41) is 9.05. The van der Waals surface area contributed by atoms with Crippen molar-refractivity contribution in [1.82, 2.24) is 9.97 Å². The van der Waals surface area contributed by atoms with Gasteiger partial charge in [-0.05, 0) is 38.5 Å². The average molecular weight is 424 g/mol. The van der Waals surface area contributed by atoms with Gasteiger partial charge in [-0.1, -0.05) is 5.57 Å². The number of pyridine rings is 2. The molecule has 0 aromatic carbocycles. The molecule has 3 N–H and O–H groups in total. The molecule has 0 bridgehead atoms. The number of amides is 1. The minimum atomic E-state index is -4.69. The molecular weight excluding hydrogens is 401 g/mol. The molecule has 10 heteroatoms. The molecular formula is C20H23F3N4O3. The Bertz CT molecular complexity index is 945. The zero-order valence-electron chi connectivity index (χ0n) is 16.8. The van der Waals surface area contributed by atoms with Gasteiger partial charge in [-0.25, -0.2) is 9.78 Å². The summed E-state index contributed by atoms with van der Waals surface area (Å²) in [6.07, 6.45) is -3.29. The summed E-state index contributed by atoms with van der Waals surface area (Å²) in [6, 6.07) is 3.62. The Balaban J connectivity index is 2.39. The van der Waals surface area contributed by atoms with Gasteiger partial charge in [-0.15, -0.1) is 6.58 Å². The number of nitrogens with two attached hydrogens (primary N) is 1. The van der Waals surface area contributed by atoms with Gasteiger partial charge >= 0.3 is 12.3 Å². The highest BCUT2D eigenvalue weighted by molar-refractivity contribution is 5.84. The summed E-state index contributed by atoms with van der Waals surface area (Å²) >= 11 is 0. The van der Waals surface area contributed by atoms with Crippen molar-refractivity contribution in [2.24, 2.45) is 5.73 Å². The summed E-state index contributed by atoms with van der Waals surface area (Å²) in [5.41, 5.74) is 5.22.